The SMILES string of the molecule is CCOC(=O)/C=C/c1ccc(N[C@@H]2CCCN(C(=O)c3ccc(Cl)cc3)C2)nc1. The molecule has 0 bridgehead atoms. The van der Waals surface area contributed by atoms with Crippen molar-refractivity contribution in [2.75, 3.05) is 25.0 Å². The maximum atomic E-state index is 12.7. The second kappa shape index (κ2) is 10.1. The Morgan fingerprint density at radius 1 is 1.28 bits per heavy atom. The number of piperidine rings is 1. The molecule has 152 valence electrons. The normalized spacial score (nSPS) is 16.6. The molecule has 1 amide bonds. The van der Waals surface area contributed by atoms with Crippen molar-refractivity contribution in [2.24, 2.45) is 0 Å². The van der Waals surface area contributed by atoms with E-state index in [-0.39, 0.29) is 17.9 Å². The first kappa shape index (κ1) is 20.9. The van der Waals surface area contributed by atoms with E-state index in [1.54, 1.807) is 43.5 Å². The highest BCUT2D eigenvalue weighted by Gasteiger charge is 2.24. The Morgan fingerprint density at radius 3 is 2.76 bits per heavy atom. The van der Waals surface area contributed by atoms with Crippen LogP contribution in [0.15, 0.2) is 48.7 Å². The quantitative estimate of drug-likeness (QED) is 0.571. The van der Waals surface area contributed by atoms with Gasteiger partial charge in [-0.2, -0.15) is 0 Å². The number of rotatable bonds is 6. The lowest BCUT2D eigenvalue weighted by Gasteiger charge is -2.33. The number of likely N-dealkylation sites (tertiary alicyclic amines) is 1. The van der Waals surface area contributed by atoms with Crippen LogP contribution < -0.4 is 5.32 Å². The van der Waals surface area contributed by atoms with Crippen molar-refractivity contribution in [3.05, 3.63) is 64.8 Å². The van der Waals surface area contributed by atoms with Gasteiger partial charge < -0.3 is 15.0 Å². The predicted molar refractivity (Wildman–Crippen MR) is 114 cm³/mol. The molecule has 0 aliphatic carbocycles. The Hall–Kier alpha value is -2.86. The topological polar surface area (TPSA) is 71.5 Å². The van der Waals surface area contributed by atoms with Gasteiger partial charge in [-0.05, 0) is 67.8 Å². The predicted octanol–water partition coefficient (Wildman–Crippen LogP) is 4.03. The number of hydrogen-bond acceptors (Lipinski definition) is 5. The van der Waals surface area contributed by atoms with Crippen LogP contribution in [0.3, 0.4) is 0 Å². The molecular formula is C22H24ClN3O3. The Morgan fingerprint density at radius 2 is 2.07 bits per heavy atom. The summed E-state index contributed by atoms with van der Waals surface area (Å²) < 4.78 is 4.86. The molecule has 1 fully saturated rings. The molecule has 0 unspecified atom stereocenters. The van der Waals surface area contributed by atoms with Gasteiger partial charge in [-0.25, -0.2) is 9.78 Å². The average molecular weight is 414 g/mol. The number of anilines is 1. The number of aromatic nitrogens is 1. The number of carbonyl (C=O) groups excluding carboxylic acids is 2. The van der Waals surface area contributed by atoms with Crippen LogP contribution in [0.2, 0.25) is 5.02 Å². The summed E-state index contributed by atoms with van der Waals surface area (Å²) in [6, 6.07) is 10.9. The molecule has 29 heavy (non-hydrogen) atoms. The van der Waals surface area contributed by atoms with E-state index < -0.39 is 0 Å². The maximum absolute atomic E-state index is 12.7. The molecule has 1 saturated heterocycles. The molecular weight excluding hydrogens is 390 g/mol. The molecule has 7 heteroatoms. The first-order valence-electron chi connectivity index (χ1n) is 9.67. The summed E-state index contributed by atoms with van der Waals surface area (Å²) in [5.41, 5.74) is 1.46. The fraction of sp³-hybridized carbons (Fsp3) is 0.318. The van der Waals surface area contributed by atoms with Gasteiger partial charge in [-0.1, -0.05) is 11.6 Å². The highest BCUT2D eigenvalue weighted by atomic mass is 35.5. The van der Waals surface area contributed by atoms with Crippen molar-refractivity contribution in [1.29, 1.82) is 0 Å². The van der Waals surface area contributed by atoms with E-state index in [0.717, 1.165) is 30.8 Å². The van der Waals surface area contributed by atoms with Gasteiger partial charge in [0.25, 0.3) is 5.91 Å². The summed E-state index contributed by atoms with van der Waals surface area (Å²) in [5, 5.41) is 4.01. The lowest BCUT2D eigenvalue weighted by Crippen LogP contribution is -2.45. The van der Waals surface area contributed by atoms with Crippen molar-refractivity contribution in [3.63, 3.8) is 0 Å². The first-order valence-corrected chi connectivity index (χ1v) is 10.0. The number of halogens is 1. The van der Waals surface area contributed by atoms with Gasteiger partial charge in [0.05, 0.1) is 6.61 Å². The van der Waals surface area contributed by atoms with E-state index in [1.165, 1.54) is 6.08 Å². The van der Waals surface area contributed by atoms with Crippen LogP contribution in [0.25, 0.3) is 6.08 Å². The monoisotopic (exact) mass is 413 g/mol. The third kappa shape index (κ3) is 6.06. The molecule has 1 aliphatic rings. The summed E-state index contributed by atoms with van der Waals surface area (Å²) in [4.78, 5) is 30.4. The highest BCUT2D eigenvalue weighted by Crippen LogP contribution is 2.18. The molecule has 2 heterocycles. The summed E-state index contributed by atoms with van der Waals surface area (Å²) in [6.45, 7) is 3.48. The molecule has 1 aromatic heterocycles. The largest absolute Gasteiger partial charge is 0.463 e. The number of nitrogens with zero attached hydrogens (tertiary/aromatic N) is 2. The third-order valence-corrected chi connectivity index (χ3v) is 4.89. The number of nitrogens with one attached hydrogen (secondary N) is 1. The average Bonchev–Trinajstić information content (AvgIpc) is 2.74. The zero-order valence-electron chi connectivity index (χ0n) is 16.3. The van der Waals surface area contributed by atoms with Gasteiger partial charge in [0, 0.05) is 42.0 Å². The number of hydrogen-bond donors (Lipinski definition) is 1. The Bertz CT molecular complexity index is 866. The number of ether oxygens (including phenoxy) is 1. The minimum Gasteiger partial charge on any atom is -0.463 e. The Labute approximate surface area is 175 Å². The minimum atomic E-state index is -0.373. The zero-order valence-corrected chi connectivity index (χ0v) is 17.1. The van der Waals surface area contributed by atoms with E-state index in [2.05, 4.69) is 10.3 Å². The molecule has 1 atom stereocenters. The molecule has 1 N–H and O–H groups in total. The standard InChI is InChI=1S/C22H24ClN3O3/c1-2-29-21(27)12-6-16-5-11-20(24-14-16)25-19-4-3-13-26(15-19)22(28)17-7-9-18(23)10-8-17/h5-12,14,19H,2-4,13,15H2,1H3,(H,24,25)/b12-6+/t19-/m1/s1. The van der Waals surface area contributed by atoms with Crippen LogP contribution in [-0.2, 0) is 9.53 Å². The van der Waals surface area contributed by atoms with Crippen LogP contribution >= 0.6 is 11.6 Å². The fourth-order valence-electron chi connectivity index (χ4n) is 3.21. The molecule has 1 aromatic carbocycles. The zero-order chi connectivity index (χ0) is 20.6. The van der Waals surface area contributed by atoms with Crippen molar-refractivity contribution in [1.82, 2.24) is 9.88 Å². The minimum absolute atomic E-state index is 0.0144. The lowest BCUT2D eigenvalue weighted by molar-refractivity contribution is -0.137. The van der Waals surface area contributed by atoms with Gasteiger partial charge in [0.1, 0.15) is 5.82 Å². The smallest absolute Gasteiger partial charge is 0.330 e. The van der Waals surface area contributed by atoms with Gasteiger partial charge in [-0.15, -0.1) is 0 Å². The van der Waals surface area contributed by atoms with Crippen LogP contribution in [0, 0.1) is 0 Å². The summed E-state index contributed by atoms with van der Waals surface area (Å²) in [6.07, 6.45) is 6.64. The van der Waals surface area contributed by atoms with Crippen LogP contribution in [0.4, 0.5) is 5.82 Å². The van der Waals surface area contributed by atoms with Crippen molar-refractivity contribution < 1.29 is 14.3 Å². The first-order chi connectivity index (χ1) is 14.0. The van der Waals surface area contributed by atoms with Gasteiger partial charge in [0.2, 0.25) is 0 Å². The van der Waals surface area contributed by atoms with Crippen molar-refractivity contribution in [3.8, 4) is 0 Å². The van der Waals surface area contributed by atoms with E-state index in [0.29, 0.717) is 23.7 Å². The van der Waals surface area contributed by atoms with Crippen molar-refractivity contribution in [2.45, 2.75) is 25.8 Å². The second-order valence-corrected chi connectivity index (χ2v) is 7.24. The van der Waals surface area contributed by atoms with Crippen molar-refractivity contribution >= 4 is 35.4 Å². The summed E-state index contributed by atoms with van der Waals surface area (Å²) in [5.74, 6) is 0.381. The highest BCUT2D eigenvalue weighted by molar-refractivity contribution is 6.30. The number of carbonyl (C=O) groups is 2. The number of pyridine rings is 1. The number of amides is 1. The van der Waals surface area contributed by atoms with Gasteiger partial charge >= 0.3 is 5.97 Å². The Balaban J connectivity index is 1.56. The van der Waals surface area contributed by atoms with Crippen LogP contribution in [-0.4, -0.2) is 47.5 Å². The van der Waals surface area contributed by atoms with Crippen LogP contribution in [0.5, 0.6) is 0 Å². The summed E-state index contributed by atoms with van der Waals surface area (Å²) in [7, 11) is 0. The number of esters is 1. The molecule has 1 aliphatic heterocycles. The molecule has 2 aromatic rings. The Kier molecular flexibility index (Phi) is 7.25. The number of benzene rings is 1. The van der Waals surface area contributed by atoms with E-state index in [9.17, 15) is 9.59 Å². The molecule has 3 rings (SSSR count). The lowest BCUT2D eigenvalue weighted by atomic mass is 10.0. The maximum Gasteiger partial charge on any atom is 0.330 e. The fourth-order valence-corrected chi connectivity index (χ4v) is 3.33. The van der Waals surface area contributed by atoms with Crippen LogP contribution in [0.1, 0.15) is 35.7 Å². The van der Waals surface area contributed by atoms with Gasteiger partial charge in [0.15, 0.2) is 0 Å². The molecule has 0 spiro atoms. The molecule has 6 nitrogen and oxygen atoms in total. The van der Waals surface area contributed by atoms with E-state index in [1.807, 2.05) is 17.0 Å². The second-order valence-electron chi connectivity index (χ2n) is 6.80. The molecule has 0 saturated carbocycles. The summed E-state index contributed by atoms with van der Waals surface area (Å²) >= 11 is 5.91. The van der Waals surface area contributed by atoms with E-state index >= 15 is 0 Å². The van der Waals surface area contributed by atoms with E-state index in [4.69, 9.17) is 16.3 Å². The molecule has 0 radical (unpaired) electrons. The van der Waals surface area contributed by atoms with Gasteiger partial charge in [-0.3, -0.25) is 4.79 Å². The third-order valence-electron chi connectivity index (χ3n) is 4.64.